The van der Waals surface area contributed by atoms with Crippen molar-refractivity contribution in [2.24, 2.45) is 0 Å². The highest BCUT2D eigenvalue weighted by Gasteiger charge is 2.20. The number of hydrogen-bond acceptors (Lipinski definition) is 4. The Kier molecular flexibility index (Phi) is 6.36. The molecule has 0 radical (unpaired) electrons. The number of hydrogen-bond donors (Lipinski definition) is 0. The van der Waals surface area contributed by atoms with Gasteiger partial charge in [-0.05, 0) is 61.6 Å². The Morgan fingerprint density at radius 3 is 1.82 bits per heavy atom. The lowest BCUT2D eigenvalue weighted by Crippen LogP contribution is -2.01. The van der Waals surface area contributed by atoms with Crippen LogP contribution in [0.3, 0.4) is 0 Å². The predicted molar refractivity (Wildman–Crippen MR) is 207 cm³/mol. The Morgan fingerprint density at radius 1 is 0.347 bits per heavy atom. The SMILES string of the molecule is c1ccc(-c2nc(-c3ccccc3-c3c4ccccc4cc4c3ccc3ccccc34)nc(-c3cccc4c3sc3ccccc34)n2)cc1. The van der Waals surface area contributed by atoms with Crippen molar-refractivity contribution in [2.45, 2.75) is 0 Å². The first-order valence-corrected chi connectivity index (χ1v) is 17.3. The van der Waals surface area contributed by atoms with Gasteiger partial charge in [0.15, 0.2) is 17.5 Å². The molecule has 0 bridgehead atoms. The molecule has 0 saturated heterocycles. The molecule has 0 aliphatic heterocycles. The van der Waals surface area contributed by atoms with Crippen LogP contribution >= 0.6 is 11.3 Å². The van der Waals surface area contributed by atoms with E-state index in [9.17, 15) is 0 Å². The molecular formula is C45H27N3S. The van der Waals surface area contributed by atoms with Gasteiger partial charge in [-0.15, -0.1) is 11.3 Å². The minimum atomic E-state index is 0.652. The largest absolute Gasteiger partial charge is 0.208 e. The van der Waals surface area contributed by atoms with Crippen LogP contribution in [0.5, 0.6) is 0 Å². The number of benzene rings is 8. The van der Waals surface area contributed by atoms with Gasteiger partial charge in [0.05, 0.1) is 0 Å². The second kappa shape index (κ2) is 11.2. The molecule has 228 valence electrons. The molecule has 0 fully saturated rings. The average molecular weight is 642 g/mol. The number of nitrogens with zero attached hydrogens (tertiary/aromatic N) is 3. The lowest BCUT2D eigenvalue weighted by Gasteiger charge is -2.17. The van der Waals surface area contributed by atoms with Crippen LogP contribution in [0.25, 0.3) is 97.8 Å². The number of thiophene rings is 1. The quantitative estimate of drug-likeness (QED) is 0.142. The molecule has 0 atom stereocenters. The van der Waals surface area contributed by atoms with Crippen molar-refractivity contribution < 1.29 is 0 Å². The molecule has 2 heterocycles. The van der Waals surface area contributed by atoms with Crippen LogP contribution in [0, 0.1) is 0 Å². The summed E-state index contributed by atoms with van der Waals surface area (Å²) in [7, 11) is 0. The summed E-state index contributed by atoms with van der Waals surface area (Å²) in [6.07, 6.45) is 0. The van der Waals surface area contributed by atoms with Crippen LogP contribution < -0.4 is 0 Å². The molecule has 0 spiro atoms. The minimum absolute atomic E-state index is 0.652. The van der Waals surface area contributed by atoms with Crippen LogP contribution in [0.2, 0.25) is 0 Å². The first kappa shape index (κ1) is 27.8. The third kappa shape index (κ3) is 4.53. The molecule has 0 saturated carbocycles. The highest BCUT2D eigenvalue weighted by Crippen LogP contribution is 2.44. The Morgan fingerprint density at radius 2 is 0.959 bits per heavy atom. The lowest BCUT2D eigenvalue weighted by atomic mass is 9.88. The molecule has 0 aliphatic rings. The van der Waals surface area contributed by atoms with E-state index >= 15 is 0 Å². The van der Waals surface area contributed by atoms with Crippen molar-refractivity contribution in [3.63, 3.8) is 0 Å². The number of fused-ring (bicyclic) bond motifs is 7. The van der Waals surface area contributed by atoms with Crippen LogP contribution in [-0.4, -0.2) is 15.0 Å². The smallest absolute Gasteiger partial charge is 0.165 e. The van der Waals surface area contributed by atoms with Crippen LogP contribution in [0.1, 0.15) is 0 Å². The summed E-state index contributed by atoms with van der Waals surface area (Å²) in [5, 5.41) is 9.79. The molecule has 3 nitrogen and oxygen atoms in total. The molecule has 2 aromatic heterocycles. The zero-order chi connectivity index (χ0) is 32.3. The van der Waals surface area contributed by atoms with Crippen molar-refractivity contribution in [2.75, 3.05) is 0 Å². The number of aromatic nitrogens is 3. The van der Waals surface area contributed by atoms with Gasteiger partial charge >= 0.3 is 0 Å². The average Bonchev–Trinajstić information content (AvgIpc) is 3.56. The Bertz CT molecular complexity index is 2890. The molecule has 0 amide bonds. The van der Waals surface area contributed by atoms with E-state index in [2.05, 4.69) is 146 Å². The molecule has 10 rings (SSSR count). The van der Waals surface area contributed by atoms with E-state index in [1.54, 1.807) is 11.3 Å². The van der Waals surface area contributed by atoms with Gasteiger partial charge < -0.3 is 0 Å². The van der Waals surface area contributed by atoms with Crippen LogP contribution in [-0.2, 0) is 0 Å². The Hall–Kier alpha value is -6.23. The zero-order valence-electron chi connectivity index (χ0n) is 26.3. The summed E-state index contributed by atoms with van der Waals surface area (Å²) >= 11 is 1.79. The van der Waals surface area contributed by atoms with Gasteiger partial charge in [0.2, 0.25) is 0 Å². The highest BCUT2D eigenvalue weighted by molar-refractivity contribution is 7.26. The maximum absolute atomic E-state index is 5.30. The third-order valence-electron chi connectivity index (χ3n) is 9.52. The molecule has 10 aromatic rings. The Labute approximate surface area is 286 Å². The van der Waals surface area contributed by atoms with E-state index in [-0.39, 0.29) is 0 Å². The normalized spacial score (nSPS) is 11.7. The summed E-state index contributed by atoms with van der Waals surface area (Å²) in [5.41, 5.74) is 5.22. The fourth-order valence-corrected chi connectivity index (χ4v) is 8.47. The molecule has 8 aromatic carbocycles. The van der Waals surface area contributed by atoms with Crippen LogP contribution in [0.4, 0.5) is 0 Å². The number of rotatable bonds is 4. The summed E-state index contributed by atoms with van der Waals surface area (Å²) in [6.45, 7) is 0. The van der Waals surface area contributed by atoms with Gasteiger partial charge in [0.1, 0.15) is 0 Å². The van der Waals surface area contributed by atoms with Crippen molar-refractivity contribution >= 4 is 63.8 Å². The molecule has 49 heavy (non-hydrogen) atoms. The van der Waals surface area contributed by atoms with Crippen molar-refractivity contribution in [3.05, 3.63) is 164 Å². The zero-order valence-corrected chi connectivity index (χ0v) is 27.2. The van der Waals surface area contributed by atoms with Gasteiger partial charge in [0.25, 0.3) is 0 Å². The maximum Gasteiger partial charge on any atom is 0.165 e. The minimum Gasteiger partial charge on any atom is -0.208 e. The van der Waals surface area contributed by atoms with Crippen molar-refractivity contribution in [3.8, 4) is 45.3 Å². The van der Waals surface area contributed by atoms with Gasteiger partial charge in [-0.25, -0.2) is 15.0 Å². The van der Waals surface area contributed by atoms with E-state index in [1.165, 1.54) is 58.1 Å². The standard InChI is InChI=1S/C45H27N3S/c1-2-14-29(15-3-1)43-46-44(48-45(47-43)38-23-12-22-36-33-19-10-11-24-40(33)49-42(36)38)37-21-9-8-20-34(37)41-32-18-7-5-16-30(32)27-39-31-17-6-4-13-28(31)25-26-35(39)41/h1-27H. The third-order valence-corrected chi connectivity index (χ3v) is 10.7. The van der Waals surface area contributed by atoms with Crippen molar-refractivity contribution in [1.29, 1.82) is 0 Å². The second-order valence-corrected chi connectivity index (χ2v) is 13.4. The lowest BCUT2D eigenvalue weighted by molar-refractivity contribution is 1.08. The molecule has 0 N–H and O–H groups in total. The van der Waals surface area contributed by atoms with E-state index in [0.29, 0.717) is 17.5 Å². The van der Waals surface area contributed by atoms with Crippen LogP contribution in [0.15, 0.2) is 164 Å². The second-order valence-electron chi connectivity index (χ2n) is 12.4. The van der Waals surface area contributed by atoms with Gasteiger partial charge in [-0.1, -0.05) is 146 Å². The van der Waals surface area contributed by atoms with Gasteiger partial charge in [0, 0.05) is 36.9 Å². The molecule has 0 unspecified atom stereocenters. The monoisotopic (exact) mass is 641 g/mol. The fourth-order valence-electron chi connectivity index (χ4n) is 7.26. The molecular weight excluding hydrogens is 615 g/mol. The van der Waals surface area contributed by atoms with Gasteiger partial charge in [-0.3, -0.25) is 0 Å². The maximum atomic E-state index is 5.30. The summed E-state index contributed by atoms with van der Waals surface area (Å²) in [6, 6.07) is 58.0. The van der Waals surface area contributed by atoms with E-state index in [0.717, 1.165) is 22.3 Å². The molecule has 4 heteroatoms. The van der Waals surface area contributed by atoms with Crippen molar-refractivity contribution in [1.82, 2.24) is 15.0 Å². The van der Waals surface area contributed by atoms with Gasteiger partial charge in [-0.2, -0.15) is 0 Å². The first-order valence-electron chi connectivity index (χ1n) is 16.5. The fraction of sp³-hybridized carbons (Fsp3) is 0. The highest BCUT2D eigenvalue weighted by atomic mass is 32.1. The summed E-state index contributed by atoms with van der Waals surface area (Å²) in [4.78, 5) is 15.6. The summed E-state index contributed by atoms with van der Waals surface area (Å²) < 4.78 is 2.43. The van der Waals surface area contributed by atoms with E-state index < -0.39 is 0 Å². The summed E-state index contributed by atoms with van der Waals surface area (Å²) in [5.74, 6) is 1.98. The first-order chi connectivity index (χ1) is 24.3. The molecule has 0 aliphatic carbocycles. The Balaban J connectivity index is 1.27. The van der Waals surface area contributed by atoms with E-state index in [1.807, 2.05) is 18.2 Å². The topological polar surface area (TPSA) is 38.7 Å². The predicted octanol–water partition coefficient (Wildman–Crippen LogP) is 12.4. The van der Waals surface area contributed by atoms with E-state index in [4.69, 9.17) is 15.0 Å².